The van der Waals surface area contributed by atoms with Crippen molar-refractivity contribution >= 4 is 46.1 Å². The van der Waals surface area contributed by atoms with Crippen molar-refractivity contribution in [3.8, 4) is 11.3 Å². The number of furan rings is 2. The van der Waals surface area contributed by atoms with E-state index in [1.165, 1.54) is 25.3 Å². The number of aromatic nitrogens is 2. The van der Waals surface area contributed by atoms with E-state index in [2.05, 4.69) is 9.97 Å². The second-order valence-corrected chi connectivity index (χ2v) is 9.26. The van der Waals surface area contributed by atoms with Crippen LogP contribution in [-0.4, -0.2) is 46.9 Å². The molecule has 0 aliphatic heterocycles. The summed E-state index contributed by atoms with van der Waals surface area (Å²) in [7, 11) is 0. The lowest BCUT2D eigenvalue weighted by Crippen LogP contribution is -2.22. The molecular weight excluding hydrogens is 560 g/mol. The number of hydrogen-bond donors (Lipinski definition) is 2. The number of H-pyrrole nitrogens is 2. The van der Waals surface area contributed by atoms with Crippen molar-refractivity contribution in [2.24, 2.45) is 0 Å². The summed E-state index contributed by atoms with van der Waals surface area (Å²) in [6, 6.07) is 21.1. The Morgan fingerprint density at radius 1 is 0.698 bits per heavy atom. The van der Waals surface area contributed by atoms with Gasteiger partial charge in [-0.05, 0) is 24.3 Å². The van der Waals surface area contributed by atoms with E-state index in [0.717, 1.165) is 0 Å². The second-order valence-electron chi connectivity index (χ2n) is 9.26. The van der Waals surface area contributed by atoms with Gasteiger partial charge in [0.1, 0.15) is 17.1 Å². The number of nitrogens with one attached hydrogen (secondary N) is 2. The van der Waals surface area contributed by atoms with Crippen LogP contribution in [0.1, 0.15) is 48.6 Å². The molecule has 2 aromatic carbocycles. The number of benzene rings is 2. The quantitative estimate of drug-likeness (QED) is 0.156. The molecule has 1 atom stereocenters. The molecule has 12 nitrogen and oxygen atoms in total. The zero-order valence-electron chi connectivity index (χ0n) is 22.4. The van der Waals surface area contributed by atoms with Crippen molar-refractivity contribution < 1.29 is 47.0 Å². The van der Waals surface area contributed by atoms with Crippen LogP contribution in [0.4, 0.5) is 0 Å². The molecule has 2 N–H and O–H groups in total. The van der Waals surface area contributed by atoms with Crippen LogP contribution in [-0.2, 0) is 18.9 Å². The summed E-state index contributed by atoms with van der Waals surface area (Å²) in [6.07, 6.45) is 0.359. The molecule has 0 radical (unpaired) electrons. The molecule has 1 unspecified atom stereocenters. The third kappa shape index (κ3) is 5.88. The van der Waals surface area contributed by atoms with Gasteiger partial charge in [0.2, 0.25) is 13.1 Å². The first-order valence-corrected chi connectivity index (χ1v) is 12.9. The van der Waals surface area contributed by atoms with E-state index in [9.17, 15) is 19.2 Å². The lowest BCUT2D eigenvalue weighted by atomic mass is 10.1. The molecule has 0 saturated heterocycles. The molecule has 216 valence electrons. The molecule has 0 aliphatic rings. The fraction of sp³-hybridized carbons (Fsp3) is 0.0968. The van der Waals surface area contributed by atoms with Crippen molar-refractivity contribution in [3.63, 3.8) is 0 Å². The van der Waals surface area contributed by atoms with Crippen LogP contribution in [0.25, 0.3) is 33.5 Å². The van der Waals surface area contributed by atoms with Crippen LogP contribution in [0.2, 0.25) is 0 Å². The van der Waals surface area contributed by atoms with E-state index < -0.39 is 37.0 Å². The number of ether oxygens (including phenoxy) is 4. The zero-order chi connectivity index (χ0) is 29.9. The first kappa shape index (κ1) is 27.1. The molecule has 6 rings (SSSR count). The third-order valence-corrected chi connectivity index (χ3v) is 6.30. The Hall–Kier alpha value is -6.04. The largest absolute Gasteiger partial charge is 0.463 e. The van der Waals surface area contributed by atoms with Crippen LogP contribution < -0.4 is 0 Å². The number of hydrogen-bond acceptors (Lipinski definition) is 10. The van der Waals surface area contributed by atoms with Gasteiger partial charge >= 0.3 is 23.9 Å². The van der Waals surface area contributed by atoms with Crippen molar-refractivity contribution in [1.82, 2.24) is 9.97 Å². The summed E-state index contributed by atoms with van der Waals surface area (Å²) >= 11 is 0. The Morgan fingerprint density at radius 2 is 1.40 bits per heavy atom. The Labute approximate surface area is 242 Å². The van der Waals surface area contributed by atoms with E-state index in [4.69, 9.17) is 27.8 Å². The van der Waals surface area contributed by atoms with E-state index in [0.29, 0.717) is 39.1 Å². The van der Waals surface area contributed by atoms with Gasteiger partial charge in [-0.15, -0.1) is 0 Å². The van der Waals surface area contributed by atoms with E-state index in [-0.39, 0.29) is 17.0 Å². The molecule has 0 aliphatic carbocycles. The maximum absolute atomic E-state index is 12.6. The molecule has 0 amide bonds. The fourth-order valence-electron chi connectivity index (χ4n) is 4.26. The number of rotatable bonds is 9. The van der Waals surface area contributed by atoms with Gasteiger partial charge in [0.05, 0.1) is 28.4 Å². The van der Waals surface area contributed by atoms with Gasteiger partial charge in [0, 0.05) is 36.8 Å². The first-order valence-electron chi connectivity index (χ1n) is 12.9. The Balaban J connectivity index is 1.05. The molecule has 4 heterocycles. The molecule has 0 fully saturated rings. The van der Waals surface area contributed by atoms with E-state index >= 15 is 0 Å². The van der Waals surface area contributed by atoms with Gasteiger partial charge in [-0.2, -0.15) is 0 Å². The van der Waals surface area contributed by atoms with Crippen LogP contribution in [0.15, 0.2) is 94.0 Å². The predicted molar refractivity (Wildman–Crippen MR) is 149 cm³/mol. The lowest BCUT2D eigenvalue weighted by molar-refractivity contribution is -0.0695. The first-order chi connectivity index (χ1) is 20.8. The monoisotopic (exact) mass is 582 g/mol. The summed E-state index contributed by atoms with van der Waals surface area (Å²) in [5.41, 5.74) is 3.38. The molecule has 0 bridgehead atoms. The Bertz CT molecular complexity index is 1900. The highest BCUT2D eigenvalue weighted by Gasteiger charge is 2.21. The van der Waals surface area contributed by atoms with Gasteiger partial charge in [-0.3, -0.25) is 0 Å². The standard InChI is InChI=1S/C31H22N2O10/c1-17(41-29(35)18-6-3-2-4-7-18)42-31(37)24-15-27-22(33-24)13-25(43-27)19-8-5-9-20(12-19)28(34)39-16-40-30(36)23-14-26-21(32-23)10-11-38-26/h2-15,17,32-33H,16H2,1H3. The average molecular weight is 583 g/mol. The smallest absolute Gasteiger partial charge is 0.357 e. The fourth-order valence-corrected chi connectivity index (χ4v) is 4.26. The van der Waals surface area contributed by atoms with Crippen LogP contribution in [0.3, 0.4) is 0 Å². The van der Waals surface area contributed by atoms with E-state index in [1.807, 2.05) is 0 Å². The van der Waals surface area contributed by atoms with Crippen molar-refractivity contribution in [2.75, 3.05) is 6.79 Å². The zero-order valence-corrected chi connectivity index (χ0v) is 22.4. The van der Waals surface area contributed by atoms with Gasteiger partial charge in [0.25, 0.3) is 0 Å². The van der Waals surface area contributed by atoms with Gasteiger partial charge in [-0.25, -0.2) is 19.2 Å². The van der Waals surface area contributed by atoms with Gasteiger partial charge < -0.3 is 37.7 Å². The molecule has 12 heteroatoms. The highest BCUT2D eigenvalue weighted by Crippen LogP contribution is 2.29. The summed E-state index contributed by atoms with van der Waals surface area (Å²) in [4.78, 5) is 55.3. The number of aromatic amines is 2. The Morgan fingerprint density at radius 3 is 2.19 bits per heavy atom. The summed E-state index contributed by atoms with van der Waals surface area (Å²) in [6.45, 7) is 0.848. The second kappa shape index (κ2) is 11.4. The minimum absolute atomic E-state index is 0.0998. The number of fused-ring (bicyclic) bond motifs is 2. The van der Waals surface area contributed by atoms with Crippen molar-refractivity contribution in [3.05, 3.63) is 108 Å². The molecular formula is C31H22N2O10. The molecule has 4 aromatic heterocycles. The molecule has 6 aromatic rings. The normalized spacial score (nSPS) is 11.7. The average Bonchev–Trinajstić information content (AvgIpc) is 3.78. The Kier molecular flexibility index (Phi) is 7.23. The maximum atomic E-state index is 12.6. The summed E-state index contributed by atoms with van der Waals surface area (Å²) in [5.74, 6) is -2.35. The number of carbonyl (C=O) groups is 4. The number of carbonyl (C=O) groups excluding carboxylic acids is 4. The minimum Gasteiger partial charge on any atom is -0.463 e. The lowest BCUT2D eigenvalue weighted by Gasteiger charge is -2.13. The van der Waals surface area contributed by atoms with Gasteiger partial charge in [-0.1, -0.05) is 30.3 Å². The van der Waals surface area contributed by atoms with Crippen molar-refractivity contribution in [1.29, 1.82) is 0 Å². The molecule has 43 heavy (non-hydrogen) atoms. The molecule has 0 spiro atoms. The van der Waals surface area contributed by atoms with Gasteiger partial charge in [0.15, 0.2) is 11.2 Å². The van der Waals surface area contributed by atoms with Crippen LogP contribution in [0.5, 0.6) is 0 Å². The highest BCUT2D eigenvalue weighted by atomic mass is 16.7. The summed E-state index contributed by atoms with van der Waals surface area (Å²) in [5, 5.41) is 0. The highest BCUT2D eigenvalue weighted by molar-refractivity contribution is 5.96. The molecule has 0 saturated carbocycles. The minimum atomic E-state index is -1.13. The third-order valence-electron chi connectivity index (χ3n) is 6.30. The van der Waals surface area contributed by atoms with Crippen LogP contribution in [0, 0.1) is 0 Å². The maximum Gasteiger partial charge on any atom is 0.357 e. The van der Waals surface area contributed by atoms with E-state index in [1.54, 1.807) is 66.7 Å². The van der Waals surface area contributed by atoms with Crippen LogP contribution >= 0.6 is 0 Å². The SMILES string of the molecule is CC(OC(=O)c1ccccc1)OC(=O)c1cc2oc(-c3cccc(C(=O)OCOC(=O)c4cc5occc5[nH]4)c3)cc2[nH]1. The van der Waals surface area contributed by atoms with Crippen molar-refractivity contribution in [2.45, 2.75) is 13.2 Å². The predicted octanol–water partition coefficient (Wildman–Crippen LogP) is 5.83. The topological polar surface area (TPSA) is 163 Å². The number of esters is 4. The summed E-state index contributed by atoms with van der Waals surface area (Å²) < 4.78 is 31.6.